The number of hydrogen-bond donors (Lipinski definition) is 3. The number of benzene rings is 1. The van der Waals surface area contributed by atoms with Gasteiger partial charge in [0.05, 0.1) is 18.0 Å². The Morgan fingerprint density at radius 1 is 1.38 bits per heavy atom. The second kappa shape index (κ2) is 6.90. The Bertz CT molecular complexity index is 622. The summed E-state index contributed by atoms with van der Waals surface area (Å²) >= 11 is 0. The molecular formula is C15H20N4O2. The summed E-state index contributed by atoms with van der Waals surface area (Å²) < 4.78 is 5.15. The number of aromatic amines is 1. The van der Waals surface area contributed by atoms with Crippen molar-refractivity contribution in [2.75, 3.05) is 12.8 Å². The number of aromatic nitrogens is 2. The smallest absolute Gasteiger partial charge is 0.274 e. The van der Waals surface area contributed by atoms with E-state index in [9.17, 15) is 4.79 Å². The molecule has 0 bridgehead atoms. The van der Waals surface area contributed by atoms with Crippen LogP contribution in [-0.4, -0.2) is 23.2 Å². The van der Waals surface area contributed by atoms with E-state index in [0.717, 1.165) is 16.8 Å². The third-order valence-electron chi connectivity index (χ3n) is 3.31. The van der Waals surface area contributed by atoms with Crippen LogP contribution in [0.25, 0.3) is 0 Å². The molecule has 0 saturated heterocycles. The van der Waals surface area contributed by atoms with Gasteiger partial charge in [0.25, 0.3) is 5.91 Å². The van der Waals surface area contributed by atoms with Gasteiger partial charge >= 0.3 is 0 Å². The summed E-state index contributed by atoms with van der Waals surface area (Å²) in [5.41, 5.74) is 9.39. The van der Waals surface area contributed by atoms with Crippen LogP contribution in [0.2, 0.25) is 0 Å². The van der Waals surface area contributed by atoms with Crippen LogP contribution in [0.5, 0.6) is 0 Å². The zero-order valence-electron chi connectivity index (χ0n) is 12.3. The number of H-pyrrole nitrogens is 1. The molecule has 112 valence electrons. The van der Waals surface area contributed by atoms with Gasteiger partial charge in [-0.3, -0.25) is 9.89 Å². The zero-order chi connectivity index (χ0) is 15.2. The number of anilines is 1. The largest absolute Gasteiger partial charge is 0.395 e. The van der Waals surface area contributed by atoms with Crippen molar-refractivity contribution in [1.82, 2.24) is 15.5 Å². The van der Waals surface area contributed by atoms with Crippen molar-refractivity contribution < 1.29 is 9.53 Å². The zero-order valence-corrected chi connectivity index (χ0v) is 12.3. The molecule has 0 saturated carbocycles. The van der Waals surface area contributed by atoms with Gasteiger partial charge in [-0.2, -0.15) is 5.10 Å². The Morgan fingerprint density at radius 3 is 2.71 bits per heavy atom. The molecule has 6 heteroatoms. The third kappa shape index (κ3) is 3.41. The summed E-state index contributed by atoms with van der Waals surface area (Å²) in [5, 5.41) is 9.58. The summed E-state index contributed by atoms with van der Waals surface area (Å²) in [5.74, 6) is -0.282. The van der Waals surface area contributed by atoms with Crippen LogP contribution >= 0.6 is 0 Å². The number of methoxy groups -OCH3 is 1. The molecule has 21 heavy (non-hydrogen) atoms. The van der Waals surface area contributed by atoms with Gasteiger partial charge in [0.2, 0.25) is 0 Å². The van der Waals surface area contributed by atoms with E-state index < -0.39 is 0 Å². The molecule has 0 fully saturated rings. The van der Waals surface area contributed by atoms with Crippen molar-refractivity contribution in [1.29, 1.82) is 0 Å². The number of nitrogens with one attached hydrogen (secondary N) is 2. The van der Waals surface area contributed by atoms with E-state index in [0.29, 0.717) is 25.3 Å². The average Bonchev–Trinajstić information content (AvgIpc) is 2.87. The molecule has 6 nitrogen and oxygen atoms in total. The predicted octanol–water partition coefficient (Wildman–Crippen LogP) is 1.63. The normalized spacial score (nSPS) is 10.6. The highest BCUT2D eigenvalue weighted by Crippen LogP contribution is 2.15. The Hall–Kier alpha value is -2.34. The molecule has 2 aromatic rings. The number of nitrogens with zero attached hydrogens (tertiary/aromatic N) is 1. The third-order valence-corrected chi connectivity index (χ3v) is 3.31. The Balaban J connectivity index is 2.06. The number of aryl methyl sites for hydroxylation is 1. The van der Waals surface area contributed by atoms with Crippen LogP contribution < -0.4 is 11.1 Å². The van der Waals surface area contributed by atoms with Gasteiger partial charge in [-0.1, -0.05) is 31.2 Å². The Labute approximate surface area is 123 Å². The van der Waals surface area contributed by atoms with Gasteiger partial charge in [-0.05, 0) is 17.5 Å². The van der Waals surface area contributed by atoms with Crippen molar-refractivity contribution in [3.8, 4) is 0 Å². The first-order valence-electron chi connectivity index (χ1n) is 6.84. The SMILES string of the molecule is CCc1[nH]nc(C(=O)NCc2ccccc2COC)c1N. The summed E-state index contributed by atoms with van der Waals surface area (Å²) in [4.78, 5) is 12.1. The van der Waals surface area contributed by atoms with E-state index in [-0.39, 0.29) is 11.6 Å². The van der Waals surface area contributed by atoms with Crippen molar-refractivity contribution >= 4 is 11.6 Å². The van der Waals surface area contributed by atoms with E-state index in [1.807, 2.05) is 31.2 Å². The van der Waals surface area contributed by atoms with E-state index >= 15 is 0 Å². The molecule has 1 heterocycles. The highest BCUT2D eigenvalue weighted by molar-refractivity contribution is 5.97. The molecule has 0 spiro atoms. The minimum absolute atomic E-state index is 0.246. The molecule has 0 radical (unpaired) electrons. The monoisotopic (exact) mass is 288 g/mol. The van der Waals surface area contributed by atoms with E-state index in [1.165, 1.54) is 0 Å². The van der Waals surface area contributed by atoms with E-state index in [1.54, 1.807) is 7.11 Å². The average molecular weight is 288 g/mol. The molecule has 2 rings (SSSR count). The first-order valence-corrected chi connectivity index (χ1v) is 6.84. The summed E-state index contributed by atoms with van der Waals surface area (Å²) in [6.45, 7) is 2.87. The maximum absolute atomic E-state index is 12.1. The molecule has 1 aromatic heterocycles. The molecule has 0 atom stereocenters. The van der Waals surface area contributed by atoms with E-state index in [4.69, 9.17) is 10.5 Å². The Kier molecular flexibility index (Phi) is 4.94. The summed E-state index contributed by atoms with van der Waals surface area (Å²) in [7, 11) is 1.64. The fraction of sp³-hybridized carbons (Fsp3) is 0.333. The lowest BCUT2D eigenvalue weighted by molar-refractivity contribution is 0.0946. The van der Waals surface area contributed by atoms with Crippen LogP contribution in [-0.2, 0) is 24.3 Å². The van der Waals surface area contributed by atoms with Crippen molar-refractivity contribution in [3.63, 3.8) is 0 Å². The highest BCUT2D eigenvalue weighted by atomic mass is 16.5. The van der Waals surface area contributed by atoms with Gasteiger partial charge in [-0.15, -0.1) is 0 Å². The van der Waals surface area contributed by atoms with Gasteiger partial charge in [-0.25, -0.2) is 0 Å². The van der Waals surface area contributed by atoms with Crippen LogP contribution in [0, 0.1) is 0 Å². The number of nitrogen functional groups attached to an aromatic ring is 1. The van der Waals surface area contributed by atoms with Gasteiger partial charge in [0.1, 0.15) is 0 Å². The lowest BCUT2D eigenvalue weighted by Gasteiger charge is -2.09. The molecule has 0 unspecified atom stereocenters. The fourth-order valence-corrected chi connectivity index (χ4v) is 2.11. The first kappa shape index (κ1) is 15.1. The summed E-state index contributed by atoms with van der Waals surface area (Å²) in [6, 6.07) is 7.81. The fourth-order valence-electron chi connectivity index (χ4n) is 2.11. The number of amides is 1. The lowest BCUT2D eigenvalue weighted by atomic mass is 10.1. The van der Waals surface area contributed by atoms with E-state index in [2.05, 4.69) is 15.5 Å². The maximum atomic E-state index is 12.1. The van der Waals surface area contributed by atoms with Crippen LogP contribution in [0.4, 0.5) is 5.69 Å². The Morgan fingerprint density at radius 2 is 2.10 bits per heavy atom. The predicted molar refractivity (Wildman–Crippen MR) is 80.7 cm³/mol. The summed E-state index contributed by atoms with van der Waals surface area (Å²) in [6.07, 6.45) is 0.711. The van der Waals surface area contributed by atoms with Crippen molar-refractivity contribution in [2.24, 2.45) is 0 Å². The molecule has 0 aliphatic heterocycles. The number of rotatable bonds is 6. The number of carbonyl (C=O) groups excluding carboxylic acids is 1. The van der Waals surface area contributed by atoms with Crippen molar-refractivity contribution in [2.45, 2.75) is 26.5 Å². The van der Waals surface area contributed by atoms with Crippen molar-refractivity contribution in [3.05, 3.63) is 46.8 Å². The van der Waals surface area contributed by atoms with Gasteiger partial charge in [0, 0.05) is 13.7 Å². The topological polar surface area (TPSA) is 93.0 Å². The molecule has 1 amide bonds. The number of carbonyl (C=O) groups is 1. The lowest BCUT2D eigenvalue weighted by Crippen LogP contribution is -2.24. The molecule has 1 aromatic carbocycles. The second-order valence-electron chi connectivity index (χ2n) is 4.70. The molecule has 0 aliphatic carbocycles. The van der Waals surface area contributed by atoms with Crippen LogP contribution in [0.3, 0.4) is 0 Å². The number of nitrogens with two attached hydrogens (primary N) is 1. The standard InChI is InChI=1S/C15H20N4O2/c1-3-12-13(16)14(19-18-12)15(20)17-8-10-6-4-5-7-11(10)9-21-2/h4-7H,3,8-9,16H2,1-2H3,(H,17,20)(H,18,19). The minimum atomic E-state index is -0.282. The number of hydrogen-bond acceptors (Lipinski definition) is 4. The van der Waals surface area contributed by atoms with Gasteiger partial charge in [0.15, 0.2) is 5.69 Å². The quantitative estimate of drug-likeness (QED) is 0.753. The maximum Gasteiger partial charge on any atom is 0.274 e. The van der Waals surface area contributed by atoms with Crippen LogP contribution in [0.15, 0.2) is 24.3 Å². The van der Waals surface area contributed by atoms with Gasteiger partial charge < -0.3 is 15.8 Å². The number of ether oxygens (including phenoxy) is 1. The second-order valence-corrected chi connectivity index (χ2v) is 4.70. The molecule has 4 N–H and O–H groups in total. The molecule has 0 aliphatic rings. The highest BCUT2D eigenvalue weighted by Gasteiger charge is 2.16. The van der Waals surface area contributed by atoms with Crippen LogP contribution in [0.1, 0.15) is 34.2 Å². The molecular weight excluding hydrogens is 268 g/mol. The first-order chi connectivity index (χ1) is 10.2. The minimum Gasteiger partial charge on any atom is -0.395 e.